The second kappa shape index (κ2) is 5.04. The van der Waals surface area contributed by atoms with Crippen molar-refractivity contribution in [1.82, 2.24) is 4.72 Å². The SMILES string of the molecule is CS(=O)(=O)NCS(=O)(=O)c1ccc(C(=O)O)cc1. The Balaban J connectivity index is 2.96. The van der Waals surface area contributed by atoms with Crippen LogP contribution in [0.25, 0.3) is 0 Å². The Morgan fingerprint density at radius 2 is 1.67 bits per heavy atom. The van der Waals surface area contributed by atoms with E-state index in [1.807, 2.05) is 4.72 Å². The Labute approximate surface area is 104 Å². The van der Waals surface area contributed by atoms with Crippen molar-refractivity contribution in [3.8, 4) is 0 Å². The maximum absolute atomic E-state index is 11.7. The number of carbonyl (C=O) groups is 1. The van der Waals surface area contributed by atoms with Gasteiger partial charge in [-0.05, 0) is 24.3 Å². The molecular formula is C9H11NO6S2. The van der Waals surface area contributed by atoms with Gasteiger partial charge in [0.05, 0.1) is 16.7 Å². The van der Waals surface area contributed by atoms with E-state index in [-0.39, 0.29) is 10.5 Å². The highest BCUT2D eigenvalue weighted by atomic mass is 32.2. The molecule has 18 heavy (non-hydrogen) atoms. The van der Waals surface area contributed by atoms with E-state index in [0.717, 1.165) is 30.5 Å². The number of hydrogen-bond acceptors (Lipinski definition) is 5. The van der Waals surface area contributed by atoms with Crippen LogP contribution in [0.3, 0.4) is 0 Å². The van der Waals surface area contributed by atoms with Crippen molar-refractivity contribution in [2.45, 2.75) is 4.90 Å². The van der Waals surface area contributed by atoms with E-state index in [1.165, 1.54) is 0 Å². The minimum atomic E-state index is -3.82. The zero-order valence-electron chi connectivity index (χ0n) is 9.32. The lowest BCUT2D eigenvalue weighted by Crippen LogP contribution is -2.28. The van der Waals surface area contributed by atoms with E-state index >= 15 is 0 Å². The largest absolute Gasteiger partial charge is 0.478 e. The molecule has 0 saturated carbocycles. The Bertz CT molecular complexity index is 645. The average molecular weight is 293 g/mol. The van der Waals surface area contributed by atoms with Gasteiger partial charge in [0.2, 0.25) is 10.0 Å². The predicted octanol–water partition coefficient (Wildman–Crippen LogP) is -0.335. The fraction of sp³-hybridized carbons (Fsp3) is 0.222. The fourth-order valence-electron chi connectivity index (χ4n) is 1.07. The number of sulfonamides is 1. The molecule has 0 aromatic heterocycles. The van der Waals surface area contributed by atoms with Crippen LogP contribution in [0.15, 0.2) is 29.2 Å². The number of sulfone groups is 1. The number of rotatable bonds is 5. The van der Waals surface area contributed by atoms with E-state index in [2.05, 4.69) is 0 Å². The molecule has 0 spiro atoms. The Kier molecular flexibility index (Phi) is 4.09. The summed E-state index contributed by atoms with van der Waals surface area (Å²) in [5.41, 5.74) is -0.0509. The summed E-state index contributed by atoms with van der Waals surface area (Å²) in [5.74, 6) is -1.94. The zero-order valence-corrected chi connectivity index (χ0v) is 11.0. The molecular weight excluding hydrogens is 282 g/mol. The first-order valence-corrected chi connectivity index (χ1v) is 8.17. The normalized spacial score (nSPS) is 12.3. The van der Waals surface area contributed by atoms with Crippen molar-refractivity contribution in [3.05, 3.63) is 29.8 Å². The summed E-state index contributed by atoms with van der Waals surface area (Å²) in [6.45, 7) is 0. The molecule has 0 atom stereocenters. The highest BCUT2D eigenvalue weighted by molar-refractivity contribution is 7.93. The van der Waals surface area contributed by atoms with Gasteiger partial charge in [-0.15, -0.1) is 0 Å². The van der Waals surface area contributed by atoms with Gasteiger partial charge >= 0.3 is 5.97 Å². The molecule has 2 N–H and O–H groups in total. The second-order valence-corrected chi connectivity index (χ2v) is 7.33. The molecule has 100 valence electrons. The monoisotopic (exact) mass is 293 g/mol. The predicted molar refractivity (Wildman–Crippen MR) is 63.4 cm³/mol. The molecule has 0 aliphatic rings. The van der Waals surface area contributed by atoms with Crippen LogP contribution in [0, 0.1) is 0 Å². The number of benzene rings is 1. The minimum Gasteiger partial charge on any atom is -0.478 e. The van der Waals surface area contributed by atoms with Crippen molar-refractivity contribution in [2.75, 3.05) is 12.1 Å². The third-order valence-corrected chi connectivity index (χ3v) is 4.34. The van der Waals surface area contributed by atoms with Gasteiger partial charge < -0.3 is 5.11 Å². The van der Waals surface area contributed by atoms with Crippen LogP contribution in [0.5, 0.6) is 0 Å². The fourth-order valence-corrected chi connectivity index (χ4v) is 3.27. The highest BCUT2D eigenvalue weighted by Gasteiger charge is 2.17. The van der Waals surface area contributed by atoms with Crippen molar-refractivity contribution < 1.29 is 26.7 Å². The van der Waals surface area contributed by atoms with E-state index in [4.69, 9.17) is 5.11 Å². The van der Waals surface area contributed by atoms with Crippen molar-refractivity contribution in [3.63, 3.8) is 0 Å². The third kappa shape index (κ3) is 4.09. The summed E-state index contributed by atoms with van der Waals surface area (Å²) in [6.07, 6.45) is 0.843. The smallest absolute Gasteiger partial charge is 0.335 e. The average Bonchev–Trinajstić information content (AvgIpc) is 2.26. The molecule has 1 aromatic carbocycles. The lowest BCUT2D eigenvalue weighted by molar-refractivity contribution is 0.0696. The highest BCUT2D eigenvalue weighted by Crippen LogP contribution is 2.12. The number of aromatic carboxylic acids is 1. The van der Waals surface area contributed by atoms with Crippen molar-refractivity contribution >= 4 is 25.8 Å². The summed E-state index contributed by atoms with van der Waals surface area (Å²) in [5, 5.41) is 8.65. The Hall–Kier alpha value is -1.45. The molecule has 0 saturated heterocycles. The van der Waals surface area contributed by atoms with E-state index in [9.17, 15) is 21.6 Å². The topological polar surface area (TPSA) is 118 Å². The zero-order chi connectivity index (χ0) is 14.0. The molecule has 0 radical (unpaired) electrons. The van der Waals surface area contributed by atoms with Crippen LogP contribution >= 0.6 is 0 Å². The lowest BCUT2D eigenvalue weighted by atomic mass is 10.2. The van der Waals surface area contributed by atoms with Crippen LogP contribution in [0.4, 0.5) is 0 Å². The van der Waals surface area contributed by atoms with Crippen LogP contribution in [-0.4, -0.2) is 40.0 Å². The minimum absolute atomic E-state index is 0.0509. The number of nitrogens with one attached hydrogen (secondary N) is 1. The maximum Gasteiger partial charge on any atom is 0.335 e. The standard InChI is InChI=1S/C9H11NO6S2/c1-17(13,14)10-6-18(15,16)8-4-2-7(3-5-8)9(11)12/h2-5,10H,6H2,1H3,(H,11,12). The Morgan fingerprint density at radius 3 is 2.06 bits per heavy atom. The quantitative estimate of drug-likeness (QED) is 0.767. The van der Waals surface area contributed by atoms with Crippen LogP contribution in [0.1, 0.15) is 10.4 Å². The van der Waals surface area contributed by atoms with E-state index in [0.29, 0.717) is 0 Å². The third-order valence-electron chi connectivity index (χ3n) is 1.97. The summed E-state index contributed by atoms with van der Waals surface area (Å²) >= 11 is 0. The molecule has 9 heteroatoms. The van der Waals surface area contributed by atoms with Crippen LogP contribution in [0.2, 0.25) is 0 Å². The van der Waals surface area contributed by atoms with E-state index < -0.39 is 31.7 Å². The molecule has 0 aliphatic carbocycles. The Morgan fingerprint density at radius 1 is 1.17 bits per heavy atom. The molecule has 0 fully saturated rings. The van der Waals surface area contributed by atoms with Crippen LogP contribution < -0.4 is 4.72 Å². The first-order chi connectivity index (χ1) is 8.12. The van der Waals surface area contributed by atoms with E-state index in [1.54, 1.807) is 0 Å². The van der Waals surface area contributed by atoms with Crippen LogP contribution in [-0.2, 0) is 19.9 Å². The first kappa shape index (κ1) is 14.6. The number of carboxylic acid groups (broad SMARTS) is 1. The first-order valence-electron chi connectivity index (χ1n) is 4.62. The van der Waals surface area contributed by atoms with Crippen molar-refractivity contribution in [1.29, 1.82) is 0 Å². The molecule has 0 heterocycles. The molecule has 7 nitrogen and oxygen atoms in total. The van der Waals surface area contributed by atoms with Gasteiger partial charge in [-0.25, -0.2) is 21.6 Å². The van der Waals surface area contributed by atoms with Gasteiger partial charge in [0, 0.05) is 0 Å². The number of carboxylic acids is 1. The van der Waals surface area contributed by atoms with Gasteiger partial charge in [0.1, 0.15) is 5.88 Å². The number of hydrogen-bond donors (Lipinski definition) is 2. The molecule has 0 amide bonds. The molecule has 0 aliphatic heterocycles. The van der Waals surface area contributed by atoms with Gasteiger partial charge in [0.25, 0.3) is 0 Å². The summed E-state index contributed by atoms with van der Waals surface area (Å²) < 4.78 is 46.8. The maximum atomic E-state index is 11.7. The second-order valence-electron chi connectivity index (χ2n) is 3.51. The van der Waals surface area contributed by atoms with Gasteiger partial charge in [0.15, 0.2) is 9.84 Å². The summed E-state index contributed by atoms with van der Waals surface area (Å²) in [6, 6.07) is 4.50. The molecule has 0 bridgehead atoms. The van der Waals surface area contributed by atoms with Crippen molar-refractivity contribution in [2.24, 2.45) is 0 Å². The molecule has 1 aromatic rings. The van der Waals surface area contributed by atoms with Gasteiger partial charge in [-0.2, -0.15) is 4.72 Å². The molecule has 0 unspecified atom stereocenters. The summed E-state index contributed by atoms with van der Waals surface area (Å²) in [4.78, 5) is 10.4. The molecule has 1 rings (SSSR count). The van der Waals surface area contributed by atoms with Gasteiger partial charge in [-0.1, -0.05) is 0 Å². The lowest BCUT2D eigenvalue weighted by Gasteiger charge is -2.05. The van der Waals surface area contributed by atoms with Gasteiger partial charge in [-0.3, -0.25) is 0 Å². The summed E-state index contributed by atoms with van der Waals surface area (Å²) in [7, 11) is -7.43.